The Labute approximate surface area is 112 Å². The molecule has 0 radical (unpaired) electrons. The molecule has 1 atom stereocenters. The first-order valence-corrected chi connectivity index (χ1v) is 7.08. The average molecular weight is 269 g/mol. The van der Waals surface area contributed by atoms with Crippen LogP contribution in [0.3, 0.4) is 0 Å². The van der Waals surface area contributed by atoms with Crippen LogP contribution in [-0.4, -0.2) is 47.0 Å². The molecule has 0 saturated carbocycles. The number of nitrogens with zero attached hydrogens (tertiary/aromatic N) is 1. The van der Waals surface area contributed by atoms with Crippen molar-refractivity contribution in [3.8, 4) is 0 Å². The number of aliphatic hydroxyl groups is 1. The second-order valence-corrected chi connectivity index (χ2v) is 4.75. The molecule has 1 aromatic rings. The Bertz CT molecular complexity index is 380. The fraction of sp³-hybridized carbons (Fsp3) is 0.462. The molecule has 0 bridgehead atoms. The minimum absolute atomic E-state index is 0.0412. The highest BCUT2D eigenvalue weighted by Gasteiger charge is 2.25. The first-order chi connectivity index (χ1) is 8.63. The molecule has 100 valence electrons. The van der Waals surface area contributed by atoms with Gasteiger partial charge in [0.25, 0.3) is 0 Å². The van der Waals surface area contributed by atoms with E-state index in [1.165, 1.54) is 0 Å². The Morgan fingerprint density at radius 2 is 2.00 bits per heavy atom. The zero-order valence-electron chi connectivity index (χ0n) is 10.7. The fourth-order valence-corrected chi connectivity index (χ4v) is 2.30. The first kappa shape index (κ1) is 15.0. The largest absolute Gasteiger partial charge is 0.480 e. The van der Waals surface area contributed by atoms with Gasteiger partial charge < -0.3 is 10.2 Å². The number of carboxylic acid groups (broad SMARTS) is 1. The van der Waals surface area contributed by atoms with E-state index in [0.717, 1.165) is 10.5 Å². The Balaban J connectivity index is 2.98. The van der Waals surface area contributed by atoms with E-state index in [-0.39, 0.29) is 6.61 Å². The molecule has 1 rings (SSSR count). The molecule has 18 heavy (non-hydrogen) atoms. The molecular weight excluding hydrogens is 250 g/mol. The summed E-state index contributed by atoms with van der Waals surface area (Å²) in [5.41, 5.74) is 0.746. The van der Waals surface area contributed by atoms with Crippen LogP contribution in [0.2, 0.25) is 0 Å². The van der Waals surface area contributed by atoms with Gasteiger partial charge >= 0.3 is 5.97 Å². The molecule has 0 heterocycles. The van der Waals surface area contributed by atoms with Crippen molar-refractivity contribution in [2.75, 3.05) is 26.0 Å². The highest BCUT2D eigenvalue weighted by atomic mass is 32.2. The van der Waals surface area contributed by atoms with Crippen molar-refractivity contribution in [2.24, 2.45) is 0 Å². The lowest BCUT2D eigenvalue weighted by atomic mass is 10.1. The molecule has 0 aliphatic rings. The highest BCUT2D eigenvalue weighted by molar-refractivity contribution is 7.98. The zero-order chi connectivity index (χ0) is 13.5. The lowest BCUT2D eigenvalue weighted by Crippen LogP contribution is -2.36. The third kappa shape index (κ3) is 3.73. The average Bonchev–Trinajstić information content (AvgIpc) is 2.38. The minimum atomic E-state index is -0.887. The van der Waals surface area contributed by atoms with Crippen LogP contribution in [0.4, 0.5) is 0 Å². The zero-order valence-corrected chi connectivity index (χ0v) is 11.5. The molecule has 1 aromatic carbocycles. The third-order valence-corrected chi connectivity index (χ3v) is 3.57. The number of aliphatic hydroxyl groups excluding tert-OH is 1. The van der Waals surface area contributed by atoms with Crippen molar-refractivity contribution in [1.29, 1.82) is 0 Å². The quantitative estimate of drug-likeness (QED) is 0.740. The van der Waals surface area contributed by atoms with Crippen LogP contribution in [0.5, 0.6) is 0 Å². The Kier molecular flexibility index (Phi) is 6.18. The topological polar surface area (TPSA) is 60.8 Å². The summed E-state index contributed by atoms with van der Waals surface area (Å²) in [7, 11) is 0. The van der Waals surface area contributed by atoms with Gasteiger partial charge in [-0.2, -0.15) is 0 Å². The predicted octanol–water partition coefficient (Wildman–Crippen LogP) is 1.85. The lowest BCUT2D eigenvalue weighted by molar-refractivity contribution is -0.143. The summed E-state index contributed by atoms with van der Waals surface area (Å²) in [5.74, 6) is -0.887. The summed E-state index contributed by atoms with van der Waals surface area (Å²) in [6, 6.07) is 6.82. The molecule has 5 heteroatoms. The van der Waals surface area contributed by atoms with Gasteiger partial charge in [-0.05, 0) is 30.5 Å². The van der Waals surface area contributed by atoms with E-state index in [1.807, 2.05) is 37.4 Å². The molecule has 0 spiro atoms. The molecule has 1 unspecified atom stereocenters. The number of carbonyl (C=O) groups is 1. The standard InChI is InChI=1S/C13H19NO3S/c1-3-14(8-9-15)12(13(16)17)10-4-6-11(18-2)7-5-10/h4-7,12,15H,3,8-9H2,1-2H3,(H,16,17). The summed E-state index contributed by atoms with van der Waals surface area (Å²) in [6.07, 6.45) is 1.98. The number of thioether (sulfide) groups is 1. The van der Waals surface area contributed by atoms with E-state index >= 15 is 0 Å². The van der Waals surface area contributed by atoms with E-state index in [1.54, 1.807) is 16.7 Å². The molecule has 0 aliphatic carbocycles. The normalized spacial score (nSPS) is 12.7. The van der Waals surface area contributed by atoms with Crippen LogP contribution in [-0.2, 0) is 4.79 Å². The van der Waals surface area contributed by atoms with Gasteiger partial charge in [-0.3, -0.25) is 9.69 Å². The van der Waals surface area contributed by atoms with Gasteiger partial charge in [0.2, 0.25) is 0 Å². The minimum Gasteiger partial charge on any atom is -0.480 e. The van der Waals surface area contributed by atoms with Gasteiger partial charge in [-0.25, -0.2) is 0 Å². The van der Waals surface area contributed by atoms with Gasteiger partial charge in [-0.15, -0.1) is 11.8 Å². The molecule has 4 nitrogen and oxygen atoms in total. The van der Waals surface area contributed by atoms with Crippen molar-refractivity contribution in [3.63, 3.8) is 0 Å². The van der Waals surface area contributed by atoms with E-state index in [4.69, 9.17) is 5.11 Å². The van der Waals surface area contributed by atoms with Crippen LogP contribution < -0.4 is 0 Å². The van der Waals surface area contributed by atoms with E-state index in [0.29, 0.717) is 13.1 Å². The van der Waals surface area contributed by atoms with Crippen molar-refractivity contribution in [2.45, 2.75) is 17.9 Å². The van der Waals surface area contributed by atoms with Gasteiger partial charge in [0.05, 0.1) is 6.61 Å². The van der Waals surface area contributed by atoms with E-state index < -0.39 is 12.0 Å². The van der Waals surface area contributed by atoms with Crippen molar-refractivity contribution < 1.29 is 15.0 Å². The molecular formula is C13H19NO3S. The molecule has 2 N–H and O–H groups in total. The summed E-state index contributed by atoms with van der Waals surface area (Å²) in [5, 5.41) is 18.3. The number of likely N-dealkylation sites (N-methyl/N-ethyl adjacent to an activating group) is 1. The second-order valence-electron chi connectivity index (χ2n) is 3.87. The Morgan fingerprint density at radius 1 is 1.39 bits per heavy atom. The first-order valence-electron chi connectivity index (χ1n) is 5.85. The maximum Gasteiger partial charge on any atom is 0.325 e. The summed E-state index contributed by atoms with van der Waals surface area (Å²) < 4.78 is 0. The van der Waals surface area contributed by atoms with Crippen LogP contribution >= 0.6 is 11.8 Å². The number of benzene rings is 1. The number of rotatable bonds is 7. The Hall–Kier alpha value is -1.04. The SMILES string of the molecule is CCN(CCO)C(C(=O)O)c1ccc(SC)cc1. The number of hydrogen-bond acceptors (Lipinski definition) is 4. The monoisotopic (exact) mass is 269 g/mol. The number of hydrogen-bond donors (Lipinski definition) is 2. The van der Waals surface area contributed by atoms with E-state index in [9.17, 15) is 9.90 Å². The van der Waals surface area contributed by atoms with Crippen LogP contribution in [0, 0.1) is 0 Å². The number of aliphatic carboxylic acids is 1. The molecule has 0 fully saturated rings. The third-order valence-electron chi connectivity index (χ3n) is 2.82. The maximum absolute atomic E-state index is 11.4. The molecule has 0 amide bonds. The van der Waals surface area contributed by atoms with Gasteiger partial charge in [0.1, 0.15) is 6.04 Å². The Morgan fingerprint density at radius 3 is 2.39 bits per heavy atom. The van der Waals surface area contributed by atoms with Crippen molar-refractivity contribution in [1.82, 2.24) is 4.90 Å². The summed E-state index contributed by atoms with van der Waals surface area (Å²) in [4.78, 5) is 14.3. The van der Waals surface area contributed by atoms with Crippen molar-refractivity contribution in [3.05, 3.63) is 29.8 Å². The van der Waals surface area contributed by atoms with Crippen LogP contribution in [0.25, 0.3) is 0 Å². The van der Waals surface area contributed by atoms with Crippen molar-refractivity contribution >= 4 is 17.7 Å². The summed E-state index contributed by atoms with van der Waals surface area (Å²) >= 11 is 1.62. The second kappa shape index (κ2) is 7.41. The molecule has 0 aliphatic heterocycles. The van der Waals surface area contributed by atoms with Gasteiger partial charge in [0.15, 0.2) is 0 Å². The maximum atomic E-state index is 11.4. The van der Waals surface area contributed by atoms with Crippen LogP contribution in [0.15, 0.2) is 29.2 Å². The molecule has 0 aromatic heterocycles. The van der Waals surface area contributed by atoms with Gasteiger partial charge in [-0.1, -0.05) is 19.1 Å². The number of carboxylic acids is 1. The molecule has 0 saturated heterocycles. The fourth-order valence-electron chi connectivity index (χ4n) is 1.89. The summed E-state index contributed by atoms with van der Waals surface area (Å²) in [6.45, 7) is 2.79. The van der Waals surface area contributed by atoms with E-state index in [2.05, 4.69) is 0 Å². The highest BCUT2D eigenvalue weighted by Crippen LogP contribution is 2.23. The van der Waals surface area contributed by atoms with Gasteiger partial charge in [0, 0.05) is 11.4 Å². The predicted molar refractivity (Wildman–Crippen MR) is 72.9 cm³/mol. The smallest absolute Gasteiger partial charge is 0.325 e. The van der Waals surface area contributed by atoms with Crippen LogP contribution in [0.1, 0.15) is 18.5 Å². The lowest BCUT2D eigenvalue weighted by Gasteiger charge is -2.27.